The van der Waals surface area contributed by atoms with E-state index in [1.54, 1.807) is 30.5 Å². The highest BCUT2D eigenvalue weighted by Gasteiger charge is 2.24. The quantitative estimate of drug-likeness (QED) is 0.342. The standard InChI is InChI=1S/C28H33Cl2FN6O3/c1-39-26(38)10-18-2-6-36(7-3-18)17-20-13-23(19-11-21(29)14-22(30)12-19)35-28(27(20)31)40-25-16-33-24(15-34-25)37-8-4-32-5-9-37/h11-16,18,26,32,38H,2-10,17H2,1H3. The number of benzene rings is 1. The third-order valence-electron chi connectivity index (χ3n) is 7.33. The zero-order valence-electron chi connectivity index (χ0n) is 22.3. The average Bonchev–Trinajstić information content (AvgIpc) is 2.96. The van der Waals surface area contributed by atoms with Crippen LogP contribution in [0.4, 0.5) is 10.2 Å². The summed E-state index contributed by atoms with van der Waals surface area (Å²) in [6.07, 6.45) is 4.74. The minimum absolute atomic E-state index is 0.148. The smallest absolute Gasteiger partial charge is 0.258 e. The fourth-order valence-electron chi connectivity index (χ4n) is 5.11. The average molecular weight is 592 g/mol. The molecule has 0 saturated carbocycles. The predicted molar refractivity (Wildman–Crippen MR) is 152 cm³/mol. The molecule has 1 aromatic carbocycles. The fraction of sp³-hybridized carbons (Fsp3) is 0.464. The minimum atomic E-state index is -0.755. The van der Waals surface area contributed by atoms with Crippen molar-refractivity contribution < 1.29 is 19.0 Å². The molecule has 40 heavy (non-hydrogen) atoms. The molecule has 2 saturated heterocycles. The Morgan fingerprint density at radius 3 is 2.42 bits per heavy atom. The van der Waals surface area contributed by atoms with Gasteiger partial charge in [-0.2, -0.15) is 0 Å². The summed E-state index contributed by atoms with van der Waals surface area (Å²) in [5.74, 6) is 0.508. The number of piperazine rings is 1. The number of aliphatic hydroxyl groups is 1. The van der Waals surface area contributed by atoms with Crippen LogP contribution < -0.4 is 15.0 Å². The van der Waals surface area contributed by atoms with E-state index in [0.717, 1.165) is 57.9 Å². The van der Waals surface area contributed by atoms with Crippen molar-refractivity contribution in [3.8, 4) is 23.0 Å². The normalized spacial score (nSPS) is 17.7. The summed E-state index contributed by atoms with van der Waals surface area (Å²) in [4.78, 5) is 17.6. The van der Waals surface area contributed by atoms with Gasteiger partial charge in [-0.05, 0) is 56.1 Å². The van der Waals surface area contributed by atoms with Gasteiger partial charge < -0.3 is 24.8 Å². The number of halogens is 3. The Labute approximate surface area is 243 Å². The number of nitrogens with zero attached hydrogens (tertiary/aromatic N) is 5. The van der Waals surface area contributed by atoms with Gasteiger partial charge in [0.25, 0.3) is 5.88 Å². The first-order chi connectivity index (χ1) is 19.4. The van der Waals surface area contributed by atoms with Gasteiger partial charge >= 0.3 is 0 Å². The molecule has 0 bridgehead atoms. The van der Waals surface area contributed by atoms with Crippen molar-refractivity contribution in [1.29, 1.82) is 0 Å². The van der Waals surface area contributed by atoms with E-state index in [4.69, 9.17) is 32.7 Å². The van der Waals surface area contributed by atoms with Crippen molar-refractivity contribution >= 4 is 29.0 Å². The number of anilines is 1. The molecule has 5 rings (SSSR count). The highest BCUT2D eigenvalue weighted by atomic mass is 35.5. The first-order valence-electron chi connectivity index (χ1n) is 13.4. The first kappa shape index (κ1) is 28.9. The molecule has 9 nitrogen and oxygen atoms in total. The number of likely N-dealkylation sites (tertiary alicyclic amines) is 1. The van der Waals surface area contributed by atoms with E-state index in [-0.39, 0.29) is 11.8 Å². The summed E-state index contributed by atoms with van der Waals surface area (Å²) in [6.45, 7) is 5.35. The van der Waals surface area contributed by atoms with Crippen molar-refractivity contribution in [2.75, 3.05) is 51.3 Å². The molecule has 2 aliphatic rings. The summed E-state index contributed by atoms with van der Waals surface area (Å²) in [7, 11) is 1.50. The summed E-state index contributed by atoms with van der Waals surface area (Å²) < 4.78 is 26.7. The summed E-state index contributed by atoms with van der Waals surface area (Å²) >= 11 is 12.5. The molecular weight excluding hydrogens is 558 g/mol. The lowest BCUT2D eigenvalue weighted by molar-refractivity contribution is -0.0910. The number of hydrogen-bond donors (Lipinski definition) is 2. The number of piperidine rings is 1. The molecule has 2 aromatic heterocycles. The lowest BCUT2D eigenvalue weighted by Crippen LogP contribution is -2.43. The topological polar surface area (TPSA) is 95.9 Å². The van der Waals surface area contributed by atoms with Crippen molar-refractivity contribution in [3.63, 3.8) is 0 Å². The monoisotopic (exact) mass is 590 g/mol. The van der Waals surface area contributed by atoms with Crippen molar-refractivity contribution in [3.05, 3.63) is 58.1 Å². The maximum absolute atomic E-state index is 15.9. The van der Waals surface area contributed by atoms with Crippen LogP contribution in [0.1, 0.15) is 24.8 Å². The molecule has 4 heterocycles. The molecule has 12 heteroatoms. The van der Waals surface area contributed by atoms with Crippen molar-refractivity contribution in [1.82, 2.24) is 25.2 Å². The second-order valence-corrected chi connectivity index (χ2v) is 11.0. The maximum Gasteiger partial charge on any atom is 0.258 e. The Balaban J connectivity index is 1.38. The van der Waals surface area contributed by atoms with Crippen LogP contribution in [0.2, 0.25) is 10.0 Å². The molecule has 0 radical (unpaired) electrons. The van der Waals surface area contributed by atoms with Crippen LogP contribution in [0.25, 0.3) is 11.3 Å². The molecule has 1 atom stereocenters. The number of methoxy groups -OCH3 is 1. The predicted octanol–water partition coefficient (Wildman–Crippen LogP) is 4.75. The van der Waals surface area contributed by atoms with Gasteiger partial charge in [0.1, 0.15) is 5.82 Å². The number of hydrogen-bond acceptors (Lipinski definition) is 9. The van der Waals surface area contributed by atoms with Crippen LogP contribution in [0.5, 0.6) is 11.8 Å². The molecule has 0 spiro atoms. The van der Waals surface area contributed by atoms with Gasteiger partial charge in [-0.1, -0.05) is 23.2 Å². The Kier molecular flexibility index (Phi) is 9.67. The molecule has 2 aliphatic heterocycles. The number of ether oxygens (including phenoxy) is 2. The van der Waals surface area contributed by atoms with Crippen molar-refractivity contribution in [2.24, 2.45) is 5.92 Å². The second kappa shape index (κ2) is 13.4. The van der Waals surface area contributed by atoms with E-state index in [1.807, 2.05) is 0 Å². The molecule has 0 aliphatic carbocycles. The minimum Gasteiger partial charge on any atom is -0.416 e. The Morgan fingerprint density at radius 2 is 1.77 bits per heavy atom. The van der Waals surface area contributed by atoms with Crippen LogP contribution >= 0.6 is 23.2 Å². The number of aliphatic hydroxyl groups excluding tert-OH is 1. The van der Waals surface area contributed by atoms with Gasteiger partial charge in [-0.3, -0.25) is 4.90 Å². The highest BCUT2D eigenvalue weighted by Crippen LogP contribution is 2.33. The Hall–Kier alpha value is -2.60. The number of nitrogens with one attached hydrogen (secondary N) is 1. The Morgan fingerprint density at radius 1 is 1.05 bits per heavy atom. The lowest BCUT2D eigenvalue weighted by Gasteiger charge is -2.32. The van der Waals surface area contributed by atoms with Crippen LogP contribution in [0, 0.1) is 11.7 Å². The molecular formula is C28H33Cl2FN6O3. The fourth-order valence-corrected chi connectivity index (χ4v) is 5.64. The van der Waals surface area contributed by atoms with Crippen LogP contribution in [0.3, 0.4) is 0 Å². The van der Waals surface area contributed by atoms with E-state index < -0.39 is 12.1 Å². The van der Waals surface area contributed by atoms with E-state index >= 15 is 4.39 Å². The van der Waals surface area contributed by atoms with E-state index in [2.05, 4.69) is 30.1 Å². The van der Waals surface area contributed by atoms with E-state index in [9.17, 15) is 5.11 Å². The molecule has 2 N–H and O–H groups in total. The molecule has 1 unspecified atom stereocenters. The first-order valence-corrected chi connectivity index (χ1v) is 14.2. The molecule has 0 amide bonds. The van der Waals surface area contributed by atoms with E-state index in [1.165, 1.54) is 13.3 Å². The molecule has 3 aromatic rings. The molecule has 214 valence electrons. The molecule has 2 fully saturated rings. The second-order valence-electron chi connectivity index (χ2n) is 10.1. The maximum atomic E-state index is 15.9. The van der Waals surface area contributed by atoms with Gasteiger partial charge in [-0.15, -0.1) is 0 Å². The van der Waals surface area contributed by atoms with Gasteiger partial charge in [0, 0.05) is 67.4 Å². The van der Waals surface area contributed by atoms with Gasteiger partial charge in [0.2, 0.25) is 5.88 Å². The van der Waals surface area contributed by atoms with Gasteiger partial charge in [0.15, 0.2) is 12.1 Å². The van der Waals surface area contributed by atoms with Crippen molar-refractivity contribution in [2.45, 2.75) is 32.1 Å². The highest BCUT2D eigenvalue weighted by molar-refractivity contribution is 6.35. The summed E-state index contributed by atoms with van der Waals surface area (Å²) in [5.41, 5.74) is 1.58. The zero-order chi connectivity index (χ0) is 28.1. The summed E-state index contributed by atoms with van der Waals surface area (Å²) in [6, 6.07) is 6.81. The Bertz CT molecular complexity index is 1270. The van der Waals surface area contributed by atoms with Gasteiger partial charge in [-0.25, -0.2) is 19.3 Å². The SMILES string of the molecule is COC(O)CC1CCN(Cc2cc(-c3cc(Cl)cc(Cl)c3)nc(Oc3cnc(N4CCNCC4)cn3)c2F)CC1. The third-order valence-corrected chi connectivity index (χ3v) is 7.76. The van der Waals surface area contributed by atoms with Crippen LogP contribution in [0.15, 0.2) is 36.7 Å². The third kappa shape index (κ3) is 7.37. The number of rotatable bonds is 9. The largest absolute Gasteiger partial charge is 0.416 e. The van der Waals surface area contributed by atoms with Crippen LogP contribution in [-0.4, -0.2) is 77.6 Å². The van der Waals surface area contributed by atoms with Crippen LogP contribution in [-0.2, 0) is 11.3 Å². The number of aromatic nitrogens is 3. The van der Waals surface area contributed by atoms with Gasteiger partial charge in [0.05, 0.1) is 18.1 Å². The zero-order valence-corrected chi connectivity index (χ0v) is 23.8. The summed E-state index contributed by atoms with van der Waals surface area (Å²) in [5, 5.41) is 14.0. The van der Waals surface area contributed by atoms with E-state index in [0.29, 0.717) is 45.7 Å². The number of pyridine rings is 1. The lowest BCUT2D eigenvalue weighted by atomic mass is 9.93.